The van der Waals surface area contributed by atoms with Crippen molar-refractivity contribution in [3.05, 3.63) is 107 Å². The third-order valence-corrected chi connectivity index (χ3v) is 10.1. The number of aliphatic hydroxyl groups is 8. The average molecular weight is 779 g/mol. The second-order valence-corrected chi connectivity index (χ2v) is 13.8. The van der Waals surface area contributed by atoms with Gasteiger partial charge >= 0.3 is 0 Å². The lowest BCUT2D eigenvalue weighted by Crippen LogP contribution is -2.60. The number of hydrogen-bond donors (Lipinski definition) is 11. The zero-order chi connectivity index (χ0) is 39.8. The predicted molar refractivity (Wildman–Crippen MR) is 194 cm³/mol. The number of phenolic OH excluding ortho intramolecular Hbond substituents is 3. The fourth-order valence-electron chi connectivity index (χ4n) is 7.10. The molecule has 298 valence electrons. The number of phenols is 3. The van der Waals surface area contributed by atoms with Crippen molar-refractivity contribution in [2.45, 2.75) is 73.4 Å². The summed E-state index contributed by atoms with van der Waals surface area (Å²) in [7, 11) is 0. The Morgan fingerprint density at radius 3 is 1.62 bits per heavy atom. The quantitative estimate of drug-likeness (QED) is 0.0985. The van der Waals surface area contributed by atoms with Gasteiger partial charge in [0, 0.05) is 17.7 Å². The molecule has 3 aliphatic rings. The van der Waals surface area contributed by atoms with E-state index in [2.05, 4.69) is 0 Å². The molecule has 16 heteroatoms. The Morgan fingerprint density at radius 2 is 1.07 bits per heavy atom. The summed E-state index contributed by atoms with van der Waals surface area (Å²) in [4.78, 5) is 0. The van der Waals surface area contributed by atoms with Gasteiger partial charge in [0.15, 0.2) is 0 Å². The van der Waals surface area contributed by atoms with Crippen LogP contribution >= 0.6 is 0 Å². The van der Waals surface area contributed by atoms with Gasteiger partial charge in [-0.1, -0.05) is 36.4 Å². The van der Waals surface area contributed by atoms with Crippen LogP contribution < -0.4 is 14.2 Å². The van der Waals surface area contributed by atoms with E-state index >= 15 is 0 Å². The second-order valence-electron chi connectivity index (χ2n) is 13.8. The molecule has 56 heavy (non-hydrogen) atoms. The number of rotatable bonds is 10. The lowest BCUT2D eigenvalue weighted by molar-refractivity contribution is -0.277. The molecule has 0 aliphatic carbocycles. The van der Waals surface area contributed by atoms with E-state index < -0.39 is 86.6 Å². The van der Waals surface area contributed by atoms with Crippen molar-refractivity contribution in [1.29, 1.82) is 0 Å². The average Bonchev–Trinajstić information content (AvgIpc) is 3.57. The Balaban J connectivity index is 1.33. The smallest absolute Gasteiger partial charge is 0.229 e. The molecule has 0 bridgehead atoms. The highest BCUT2D eigenvalue weighted by atomic mass is 16.7. The van der Waals surface area contributed by atoms with Crippen LogP contribution in [0.15, 0.2) is 78.9 Å². The first-order valence-electron chi connectivity index (χ1n) is 17.7. The van der Waals surface area contributed by atoms with Crippen molar-refractivity contribution in [1.82, 2.24) is 0 Å². The maximum atomic E-state index is 11.0. The molecule has 16 nitrogen and oxygen atoms in total. The van der Waals surface area contributed by atoms with Crippen LogP contribution in [0, 0.1) is 0 Å². The molecule has 4 aromatic rings. The number of hydrogen-bond acceptors (Lipinski definition) is 16. The molecular weight excluding hydrogens is 736 g/mol. The molecule has 3 aliphatic heterocycles. The highest BCUT2D eigenvalue weighted by Crippen LogP contribution is 2.54. The second kappa shape index (κ2) is 16.2. The highest BCUT2D eigenvalue weighted by molar-refractivity contribution is 5.75. The van der Waals surface area contributed by atoms with Gasteiger partial charge in [-0.05, 0) is 64.7 Å². The minimum Gasteiger partial charge on any atom is -0.508 e. The summed E-state index contributed by atoms with van der Waals surface area (Å²) in [5.41, 5.74) is 2.82. The van der Waals surface area contributed by atoms with E-state index in [1.54, 1.807) is 48.6 Å². The van der Waals surface area contributed by atoms with Gasteiger partial charge in [-0.3, -0.25) is 0 Å². The molecule has 11 N–H and O–H groups in total. The van der Waals surface area contributed by atoms with Crippen molar-refractivity contribution >= 4 is 12.2 Å². The van der Waals surface area contributed by atoms with Crippen LogP contribution in [0.4, 0.5) is 0 Å². The van der Waals surface area contributed by atoms with Gasteiger partial charge in [-0.15, -0.1) is 0 Å². The first-order valence-corrected chi connectivity index (χ1v) is 17.7. The molecule has 2 saturated heterocycles. The van der Waals surface area contributed by atoms with Crippen molar-refractivity contribution in [2.24, 2.45) is 0 Å². The van der Waals surface area contributed by atoms with Crippen LogP contribution in [0.25, 0.3) is 12.2 Å². The molecule has 7 rings (SSSR count). The van der Waals surface area contributed by atoms with Gasteiger partial charge in [0.2, 0.25) is 12.6 Å². The van der Waals surface area contributed by atoms with E-state index in [4.69, 9.17) is 23.7 Å². The number of ether oxygens (including phenoxy) is 5. The maximum absolute atomic E-state index is 11.0. The summed E-state index contributed by atoms with van der Waals surface area (Å²) < 4.78 is 29.7. The van der Waals surface area contributed by atoms with E-state index in [0.717, 1.165) is 0 Å². The summed E-state index contributed by atoms with van der Waals surface area (Å²) in [6.07, 6.45) is -12.9. The van der Waals surface area contributed by atoms with Crippen LogP contribution in [-0.2, 0) is 9.47 Å². The molecule has 0 spiro atoms. The number of benzene rings is 4. The topological polar surface area (TPSA) is 269 Å². The monoisotopic (exact) mass is 778 g/mol. The molecule has 4 aromatic carbocycles. The molecule has 0 aromatic heterocycles. The molecular formula is C40H42O16. The van der Waals surface area contributed by atoms with Crippen molar-refractivity contribution in [3.8, 4) is 34.5 Å². The van der Waals surface area contributed by atoms with Crippen LogP contribution in [0.1, 0.15) is 39.8 Å². The van der Waals surface area contributed by atoms with Gasteiger partial charge in [0.05, 0.1) is 19.1 Å². The normalized spacial score (nSPS) is 31.5. The maximum Gasteiger partial charge on any atom is 0.229 e. The van der Waals surface area contributed by atoms with Crippen molar-refractivity contribution in [2.75, 3.05) is 13.2 Å². The van der Waals surface area contributed by atoms with Crippen molar-refractivity contribution < 1.29 is 79.9 Å². The van der Waals surface area contributed by atoms with Gasteiger partial charge < -0.3 is 79.9 Å². The minimum absolute atomic E-state index is 0.00103. The van der Waals surface area contributed by atoms with Gasteiger partial charge in [0.25, 0.3) is 0 Å². The molecule has 12 atom stereocenters. The molecule has 3 heterocycles. The first kappa shape index (κ1) is 39.3. The largest absolute Gasteiger partial charge is 0.508 e. The van der Waals surface area contributed by atoms with E-state index in [0.29, 0.717) is 27.8 Å². The van der Waals surface area contributed by atoms with E-state index in [1.165, 1.54) is 42.5 Å². The third kappa shape index (κ3) is 7.85. The van der Waals surface area contributed by atoms with Crippen LogP contribution in [0.3, 0.4) is 0 Å². The standard InChI is InChI=1S/C40H42O16/c41-16-28-32(46)34(48)36(50)39(55-28)52-25-13-21(11-24(45)14-25)31-30-20(4-1-18-2-7-22(43)8-3-18)12-26(53-40-37(51)35(49)33(47)29(17-42)56-40)15-27(30)54-38(31)19-5-9-23(44)10-6-19/h1-15,28-29,31-51H,16-17H2/b4-1+/t28-,29+,31+,32-,33+,34+,35-,36-,37+,38-,39-,40+/m1/s1. The van der Waals surface area contributed by atoms with Crippen molar-refractivity contribution in [3.63, 3.8) is 0 Å². The predicted octanol–water partition coefficient (Wildman–Crippen LogP) is 0.597. The van der Waals surface area contributed by atoms with Gasteiger partial charge in [0.1, 0.15) is 89.4 Å². The fraction of sp³-hybridized carbons (Fsp3) is 0.350. The molecule has 2 fully saturated rings. The third-order valence-electron chi connectivity index (χ3n) is 10.1. The molecule has 0 unspecified atom stereocenters. The zero-order valence-corrected chi connectivity index (χ0v) is 29.5. The van der Waals surface area contributed by atoms with Gasteiger partial charge in [-0.2, -0.15) is 0 Å². The minimum atomic E-state index is -1.72. The Kier molecular flexibility index (Phi) is 11.4. The molecule has 0 amide bonds. The zero-order valence-electron chi connectivity index (χ0n) is 29.5. The first-order chi connectivity index (χ1) is 26.8. The summed E-state index contributed by atoms with van der Waals surface area (Å²) in [6.45, 7) is -1.34. The highest BCUT2D eigenvalue weighted by Gasteiger charge is 2.47. The number of aromatic hydroxyl groups is 3. The summed E-state index contributed by atoms with van der Waals surface area (Å²) in [6, 6.07) is 20.1. The van der Waals surface area contributed by atoms with Crippen LogP contribution in [0.5, 0.6) is 34.5 Å². The summed E-state index contributed by atoms with van der Waals surface area (Å²) >= 11 is 0. The van der Waals surface area contributed by atoms with Crippen LogP contribution in [-0.4, -0.2) is 131 Å². The number of aliphatic hydroxyl groups excluding tert-OH is 8. The summed E-state index contributed by atoms with van der Waals surface area (Å²) in [5, 5.41) is 113. The Labute approximate surface area is 319 Å². The molecule has 0 radical (unpaired) electrons. The summed E-state index contributed by atoms with van der Waals surface area (Å²) in [5.74, 6) is -0.560. The van der Waals surface area contributed by atoms with E-state index in [9.17, 15) is 56.2 Å². The van der Waals surface area contributed by atoms with Gasteiger partial charge in [-0.25, -0.2) is 0 Å². The Bertz CT molecular complexity index is 2000. The SMILES string of the molecule is OC[C@@H]1O[C@H](Oc2cc(/C=C/c3ccc(O)cc3)c3c(c2)O[C@H](c2ccc(O)cc2)[C@H]3c2cc(O)cc(O[C@@H]3O[C@H](CO)[C@@H](O)[C@H](O)[C@H]3O)c2)[C@@H](O)[C@H](O)[C@H]1O. The van der Waals surface area contributed by atoms with E-state index in [-0.39, 0.29) is 34.5 Å². The Hall–Kier alpha value is -4.98. The lowest BCUT2D eigenvalue weighted by Gasteiger charge is -2.39. The number of fused-ring (bicyclic) bond motifs is 1. The molecule has 0 saturated carbocycles. The van der Waals surface area contributed by atoms with E-state index in [1.807, 2.05) is 0 Å². The lowest BCUT2D eigenvalue weighted by atomic mass is 9.82. The van der Waals surface area contributed by atoms with Crippen LogP contribution in [0.2, 0.25) is 0 Å². The Morgan fingerprint density at radius 1 is 0.536 bits per heavy atom. The fourth-order valence-corrected chi connectivity index (χ4v) is 7.10.